The van der Waals surface area contributed by atoms with Crippen LogP contribution in [0.2, 0.25) is 0 Å². The van der Waals surface area contributed by atoms with Crippen LogP contribution in [-0.2, 0) is 47.7 Å². The molecule has 0 spiro atoms. The molecular weight excluding hydrogens is 442 g/mol. The second kappa shape index (κ2) is 11.1. The van der Waals surface area contributed by atoms with Gasteiger partial charge in [-0.2, -0.15) is 4.39 Å². The van der Waals surface area contributed by atoms with E-state index in [2.05, 4.69) is 10.1 Å². The van der Waals surface area contributed by atoms with E-state index in [1.54, 1.807) is 0 Å². The molecule has 14 heteroatoms. The molecular formula is C18H26F2N2O10. The smallest absolute Gasteiger partial charge is 0.375 e. The fourth-order valence-electron chi connectivity index (χ4n) is 3.12. The van der Waals surface area contributed by atoms with E-state index in [0.29, 0.717) is 0 Å². The maximum Gasteiger partial charge on any atom is 0.375 e. The molecule has 1 saturated heterocycles. The number of rotatable bonds is 8. The van der Waals surface area contributed by atoms with E-state index >= 15 is 4.39 Å². The van der Waals surface area contributed by atoms with E-state index in [9.17, 15) is 28.4 Å². The van der Waals surface area contributed by atoms with Gasteiger partial charge in [-0.3, -0.25) is 19.2 Å². The first kappa shape index (κ1) is 27.2. The third-order valence-corrected chi connectivity index (χ3v) is 4.36. The van der Waals surface area contributed by atoms with Gasteiger partial charge < -0.3 is 34.7 Å². The Balaban J connectivity index is 3.56. The maximum absolute atomic E-state index is 15.3. The Morgan fingerprint density at radius 1 is 1.06 bits per heavy atom. The van der Waals surface area contributed by atoms with Crippen molar-refractivity contribution in [2.45, 2.75) is 70.1 Å². The number of methoxy groups -OCH3 is 1. The predicted octanol–water partition coefficient (Wildman–Crippen LogP) is -1.18. The zero-order chi connectivity index (χ0) is 24.8. The Hall–Kier alpha value is -2.87. The van der Waals surface area contributed by atoms with Gasteiger partial charge in [0, 0.05) is 27.7 Å². The topological polar surface area (TPSA) is 170 Å². The van der Waals surface area contributed by atoms with Gasteiger partial charge in [0.25, 0.3) is 0 Å². The fourth-order valence-corrected chi connectivity index (χ4v) is 3.12. The average Bonchev–Trinajstić information content (AvgIpc) is 2.68. The molecule has 0 aromatic heterocycles. The number of ether oxygens (including phenoxy) is 5. The summed E-state index contributed by atoms with van der Waals surface area (Å²) in [6.07, 6.45) is -8.09. The standard InChI is InChI=1S/C18H26F2N2O10/c1-7(23)22-13-12(21)16(19)18(20,17(27)28-5)32-15(13)14(31-10(4)26)11(30-9(3)25)6-29-8(2)24/h11-16H,6,21H2,1-5H3,(H,22,23)/t11-,12?,13-,14-,15?,16?,18-/m1/s1. The van der Waals surface area contributed by atoms with Crippen LogP contribution in [0.25, 0.3) is 0 Å². The van der Waals surface area contributed by atoms with Crippen LogP contribution in [0.5, 0.6) is 0 Å². The number of alkyl halides is 2. The van der Waals surface area contributed by atoms with Gasteiger partial charge in [-0.15, -0.1) is 0 Å². The lowest BCUT2D eigenvalue weighted by Gasteiger charge is -2.47. The van der Waals surface area contributed by atoms with Crippen molar-refractivity contribution in [2.24, 2.45) is 5.73 Å². The largest absolute Gasteiger partial charge is 0.465 e. The summed E-state index contributed by atoms with van der Waals surface area (Å²) in [5.41, 5.74) is 5.77. The number of hydrogen-bond acceptors (Lipinski definition) is 11. The number of nitrogens with one attached hydrogen (secondary N) is 1. The highest BCUT2D eigenvalue weighted by Crippen LogP contribution is 2.36. The Bertz CT molecular complexity index is 751. The second-order valence-corrected chi connectivity index (χ2v) is 6.95. The van der Waals surface area contributed by atoms with Crippen molar-refractivity contribution in [3.05, 3.63) is 0 Å². The number of hydrogen-bond donors (Lipinski definition) is 2. The molecule has 182 valence electrons. The lowest BCUT2D eigenvalue weighted by molar-refractivity contribution is -0.280. The average molecular weight is 468 g/mol. The first-order valence-electron chi connectivity index (χ1n) is 9.34. The van der Waals surface area contributed by atoms with Gasteiger partial charge in [-0.1, -0.05) is 0 Å². The normalized spacial score (nSPS) is 29.1. The molecule has 0 bridgehead atoms. The lowest BCUT2D eigenvalue weighted by Crippen LogP contribution is -2.73. The minimum atomic E-state index is -3.76. The van der Waals surface area contributed by atoms with E-state index < -0.39 is 78.8 Å². The minimum Gasteiger partial charge on any atom is -0.465 e. The molecule has 0 aromatic carbocycles. The number of nitrogens with two attached hydrogens (primary N) is 1. The molecule has 1 rings (SSSR count). The zero-order valence-electron chi connectivity index (χ0n) is 18.1. The number of halogens is 2. The van der Waals surface area contributed by atoms with Crippen LogP contribution in [0.4, 0.5) is 8.78 Å². The minimum absolute atomic E-state index is 0.689. The van der Waals surface area contributed by atoms with Crippen LogP contribution in [0.1, 0.15) is 27.7 Å². The summed E-state index contributed by atoms with van der Waals surface area (Å²) in [6, 6.07) is -3.47. The van der Waals surface area contributed by atoms with Gasteiger partial charge in [0.2, 0.25) is 5.91 Å². The Morgan fingerprint density at radius 3 is 2.06 bits per heavy atom. The summed E-state index contributed by atoms with van der Waals surface area (Å²) in [5.74, 6) is -8.99. The number of carbonyl (C=O) groups is 5. The molecule has 0 saturated carbocycles. The van der Waals surface area contributed by atoms with Crippen LogP contribution in [0.3, 0.4) is 0 Å². The molecule has 1 fully saturated rings. The predicted molar refractivity (Wildman–Crippen MR) is 98.9 cm³/mol. The van der Waals surface area contributed by atoms with Gasteiger partial charge in [0.15, 0.2) is 18.4 Å². The van der Waals surface area contributed by atoms with Gasteiger partial charge in [-0.05, 0) is 0 Å². The molecule has 1 heterocycles. The molecule has 0 aromatic rings. The van der Waals surface area contributed by atoms with Crippen molar-refractivity contribution in [3.63, 3.8) is 0 Å². The van der Waals surface area contributed by atoms with Crippen LogP contribution in [-0.4, -0.2) is 85.9 Å². The van der Waals surface area contributed by atoms with Crippen LogP contribution < -0.4 is 11.1 Å². The van der Waals surface area contributed by atoms with Gasteiger partial charge in [-0.25, -0.2) is 9.18 Å². The van der Waals surface area contributed by atoms with Gasteiger partial charge in [0.05, 0.1) is 19.2 Å². The Labute approximate surface area is 182 Å². The van der Waals surface area contributed by atoms with Crippen molar-refractivity contribution >= 4 is 29.8 Å². The van der Waals surface area contributed by atoms with Crippen molar-refractivity contribution in [1.29, 1.82) is 0 Å². The maximum atomic E-state index is 15.3. The molecule has 1 aliphatic rings. The molecule has 0 aliphatic carbocycles. The van der Waals surface area contributed by atoms with Crippen LogP contribution >= 0.6 is 0 Å². The van der Waals surface area contributed by atoms with Crippen molar-refractivity contribution in [2.75, 3.05) is 13.7 Å². The molecule has 1 aliphatic heterocycles. The summed E-state index contributed by atoms with van der Waals surface area (Å²) in [7, 11) is 0.770. The Morgan fingerprint density at radius 2 is 1.62 bits per heavy atom. The van der Waals surface area contributed by atoms with Crippen LogP contribution in [0, 0.1) is 0 Å². The molecule has 7 atom stereocenters. The van der Waals surface area contributed by atoms with E-state index in [-0.39, 0.29) is 0 Å². The highest BCUT2D eigenvalue weighted by Gasteiger charge is 2.63. The molecule has 32 heavy (non-hydrogen) atoms. The third kappa shape index (κ3) is 6.56. The summed E-state index contributed by atoms with van der Waals surface area (Å²) in [5, 5.41) is 2.25. The van der Waals surface area contributed by atoms with Crippen molar-refractivity contribution < 1.29 is 56.4 Å². The fraction of sp³-hybridized carbons (Fsp3) is 0.722. The van der Waals surface area contributed by atoms with Crippen molar-refractivity contribution in [3.8, 4) is 0 Å². The quantitative estimate of drug-likeness (QED) is 0.325. The monoisotopic (exact) mass is 468 g/mol. The first-order valence-corrected chi connectivity index (χ1v) is 9.34. The highest BCUT2D eigenvalue weighted by molar-refractivity contribution is 5.79. The van der Waals surface area contributed by atoms with Crippen molar-refractivity contribution in [1.82, 2.24) is 5.32 Å². The summed E-state index contributed by atoms with van der Waals surface area (Å²) >= 11 is 0. The molecule has 3 unspecified atom stereocenters. The molecule has 1 amide bonds. The van der Waals surface area contributed by atoms with Crippen LogP contribution in [0.15, 0.2) is 0 Å². The number of esters is 4. The second-order valence-electron chi connectivity index (χ2n) is 6.95. The molecule has 0 radical (unpaired) electrons. The van der Waals surface area contributed by atoms with Gasteiger partial charge >= 0.3 is 29.7 Å². The highest BCUT2D eigenvalue weighted by atomic mass is 19.2. The molecule has 12 nitrogen and oxygen atoms in total. The lowest BCUT2D eigenvalue weighted by atomic mass is 9.86. The summed E-state index contributed by atoms with van der Waals surface area (Å²) in [6.45, 7) is 3.32. The number of carbonyl (C=O) groups excluding carboxylic acids is 5. The molecule has 3 N–H and O–H groups in total. The zero-order valence-corrected chi connectivity index (χ0v) is 18.1. The third-order valence-electron chi connectivity index (χ3n) is 4.36. The first-order chi connectivity index (χ1) is 14.7. The summed E-state index contributed by atoms with van der Waals surface area (Å²) < 4.78 is 54.3. The SMILES string of the molecule is COC(=O)[C@]1(F)OC([C@H](OC(C)=O)[C@@H](COC(C)=O)OC(C)=O)[C@H](NC(C)=O)C(N)C1F. The summed E-state index contributed by atoms with van der Waals surface area (Å²) in [4.78, 5) is 58.2. The number of amides is 1. The Kier molecular flexibility index (Phi) is 9.45. The van der Waals surface area contributed by atoms with Gasteiger partial charge in [0.1, 0.15) is 12.7 Å². The van der Waals surface area contributed by atoms with E-state index in [1.807, 2.05) is 0 Å². The van der Waals surface area contributed by atoms with E-state index in [4.69, 9.17) is 24.7 Å². The van der Waals surface area contributed by atoms with E-state index in [0.717, 1.165) is 34.8 Å². The van der Waals surface area contributed by atoms with E-state index in [1.165, 1.54) is 0 Å².